The average Bonchev–Trinajstić information content (AvgIpc) is 2.47. The summed E-state index contributed by atoms with van der Waals surface area (Å²) in [5.74, 6) is 0.553. The van der Waals surface area contributed by atoms with Gasteiger partial charge < -0.3 is 10.8 Å². The second-order valence-corrected chi connectivity index (χ2v) is 6.18. The van der Waals surface area contributed by atoms with E-state index in [4.69, 9.17) is 5.73 Å². The van der Waals surface area contributed by atoms with E-state index in [0.717, 1.165) is 5.56 Å². The minimum atomic E-state index is -0.983. The van der Waals surface area contributed by atoms with Crippen molar-refractivity contribution in [2.75, 3.05) is 12.3 Å². The Labute approximate surface area is 125 Å². The number of aryl methyl sites for hydroxylation is 2. The van der Waals surface area contributed by atoms with Crippen LogP contribution in [0.4, 0.5) is 0 Å². The molecule has 2 rings (SSSR count). The molecule has 0 bridgehead atoms. The van der Waals surface area contributed by atoms with Crippen LogP contribution in [-0.4, -0.2) is 17.4 Å². The van der Waals surface area contributed by atoms with Crippen molar-refractivity contribution in [2.24, 2.45) is 5.73 Å². The van der Waals surface area contributed by atoms with Gasteiger partial charge in [-0.05, 0) is 31.0 Å². The molecule has 0 amide bonds. The van der Waals surface area contributed by atoms with Gasteiger partial charge in [0.1, 0.15) is 5.60 Å². The van der Waals surface area contributed by atoms with Crippen molar-refractivity contribution in [3.8, 4) is 0 Å². The van der Waals surface area contributed by atoms with E-state index in [0.29, 0.717) is 5.75 Å². The molecule has 0 heterocycles. The van der Waals surface area contributed by atoms with Crippen LogP contribution in [0.5, 0.6) is 0 Å². The van der Waals surface area contributed by atoms with Gasteiger partial charge in [-0.25, -0.2) is 0 Å². The lowest BCUT2D eigenvalue weighted by Gasteiger charge is -2.27. The van der Waals surface area contributed by atoms with Gasteiger partial charge in [0.05, 0.1) is 0 Å². The number of rotatable bonds is 5. The monoisotopic (exact) mass is 287 g/mol. The van der Waals surface area contributed by atoms with Gasteiger partial charge in [0, 0.05) is 17.2 Å². The summed E-state index contributed by atoms with van der Waals surface area (Å²) in [6.45, 7) is 4.40. The van der Waals surface area contributed by atoms with Crippen molar-refractivity contribution in [2.45, 2.75) is 24.3 Å². The molecule has 2 aromatic rings. The van der Waals surface area contributed by atoms with Crippen LogP contribution in [0.1, 0.15) is 16.7 Å². The van der Waals surface area contributed by atoms with E-state index in [1.54, 1.807) is 11.8 Å². The summed E-state index contributed by atoms with van der Waals surface area (Å²) in [6, 6.07) is 16.0. The molecule has 3 heteroatoms. The molecule has 1 unspecified atom stereocenters. The molecule has 2 aromatic carbocycles. The van der Waals surface area contributed by atoms with E-state index in [2.05, 4.69) is 32.0 Å². The maximum atomic E-state index is 10.8. The zero-order valence-electron chi connectivity index (χ0n) is 12.0. The van der Waals surface area contributed by atoms with Crippen molar-refractivity contribution in [3.05, 3.63) is 65.2 Å². The second-order valence-electron chi connectivity index (χ2n) is 5.16. The van der Waals surface area contributed by atoms with Gasteiger partial charge in [0.2, 0.25) is 0 Å². The van der Waals surface area contributed by atoms with Crippen LogP contribution >= 0.6 is 11.8 Å². The Balaban J connectivity index is 2.15. The Morgan fingerprint density at radius 2 is 1.80 bits per heavy atom. The maximum Gasteiger partial charge on any atom is 0.111 e. The van der Waals surface area contributed by atoms with Gasteiger partial charge in [0.15, 0.2) is 0 Å². The van der Waals surface area contributed by atoms with Gasteiger partial charge in [-0.15, -0.1) is 11.8 Å². The number of hydrogen-bond acceptors (Lipinski definition) is 3. The minimum Gasteiger partial charge on any atom is -0.383 e. The van der Waals surface area contributed by atoms with Crippen molar-refractivity contribution in [1.82, 2.24) is 0 Å². The minimum absolute atomic E-state index is 0.217. The fourth-order valence-corrected chi connectivity index (χ4v) is 3.30. The summed E-state index contributed by atoms with van der Waals surface area (Å²) in [6.07, 6.45) is 0. The van der Waals surface area contributed by atoms with E-state index in [-0.39, 0.29) is 6.54 Å². The summed E-state index contributed by atoms with van der Waals surface area (Å²) in [5, 5.41) is 10.8. The van der Waals surface area contributed by atoms with Crippen molar-refractivity contribution in [3.63, 3.8) is 0 Å². The highest BCUT2D eigenvalue weighted by Crippen LogP contribution is 2.31. The molecule has 20 heavy (non-hydrogen) atoms. The van der Waals surface area contributed by atoms with E-state index < -0.39 is 5.60 Å². The SMILES string of the molecule is Cc1ccc(SCC(O)(CN)c2ccccc2)c(C)c1. The predicted molar refractivity (Wildman–Crippen MR) is 86.0 cm³/mol. The van der Waals surface area contributed by atoms with Gasteiger partial charge in [-0.3, -0.25) is 0 Å². The molecule has 0 aromatic heterocycles. The zero-order valence-corrected chi connectivity index (χ0v) is 12.8. The fourth-order valence-electron chi connectivity index (χ4n) is 2.17. The lowest BCUT2D eigenvalue weighted by atomic mass is 9.96. The summed E-state index contributed by atoms with van der Waals surface area (Å²) in [4.78, 5) is 1.19. The molecular formula is C17H21NOS. The summed E-state index contributed by atoms with van der Waals surface area (Å²) in [5.41, 5.74) is 8.19. The zero-order chi connectivity index (χ0) is 14.6. The van der Waals surface area contributed by atoms with Crippen molar-refractivity contribution in [1.29, 1.82) is 0 Å². The first-order valence-corrected chi connectivity index (χ1v) is 7.72. The predicted octanol–water partition coefficient (Wildman–Crippen LogP) is 3.24. The summed E-state index contributed by atoms with van der Waals surface area (Å²) in [7, 11) is 0. The molecule has 0 saturated carbocycles. The third-order valence-electron chi connectivity index (χ3n) is 3.45. The second kappa shape index (κ2) is 6.44. The van der Waals surface area contributed by atoms with Crippen LogP contribution in [0.15, 0.2) is 53.4 Å². The Morgan fingerprint density at radius 3 is 2.40 bits per heavy atom. The molecule has 0 aliphatic rings. The highest BCUT2D eigenvalue weighted by atomic mass is 32.2. The van der Waals surface area contributed by atoms with Gasteiger partial charge in [-0.1, -0.05) is 48.0 Å². The van der Waals surface area contributed by atoms with E-state index >= 15 is 0 Å². The fraction of sp³-hybridized carbons (Fsp3) is 0.294. The highest BCUT2D eigenvalue weighted by molar-refractivity contribution is 7.99. The first kappa shape index (κ1) is 15.1. The Bertz CT molecular complexity index is 570. The van der Waals surface area contributed by atoms with E-state index in [1.165, 1.54) is 16.0 Å². The quantitative estimate of drug-likeness (QED) is 0.830. The van der Waals surface area contributed by atoms with E-state index in [1.807, 2.05) is 30.3 Å². The highest BCUT2D eigenvalue weighted by Gasteiger charge is 2.27. The molecule has 0 saturated heterocycles. The van der Waals surface area contributed by atoms with Gasteiger partial charge in [-0.2, -0.15) is 0 Å². The van der Waals surface area contributed by atoms with Gasteiger partial charge in [0.25, 0.3) is 0 Å². The molecular weight excluding hydrogens is 266 g/mol. The number of aliphatic hydroxyl groups is 1. The molecule has 0 fully saturated rings. The Hall–Kier alpha value is -1.29. The largest absolute Gasteiger partial charge is 0.383 e. The molecule has 2 nitrogen and oxygen atoms in total. The maximum absolute atomic E-state index is 10.8. The average molecular weight is 287 g/mol. The standard InChI is InChI=1S/C17H21NOS/c1-13-8-9-16(14(2)10-13)20-12-17(19,11-18)15-6-4-3-5-7-15/h3-10,19H,11-12,18H2,1-2H3. The van der Waals surface area contributed by atoms with E-state index in [9.17, 15) is 5.11 Å². The third-order valence-corrected chi connectivity index (χ3v) is 4.84. The number of nitrogens with two attached hydrogens (primary N) is 1. The summed E-state index contributed by atoms with van der Waals surface area (Å²) >= 11 is 1.65. The van der Waals surface area contributed by atoms with Crippen LogP contribution in [0.25, 0.3) is 0 Å². The number of benzene rings is 2. The first-order chi connectivity index (χ1) is 9.55. The van der Waals surface area contributed by atoms with Crippen LogP contribution in [-0.2, 0) is 5.60 Å². The van der Waals surface area contributed by atoms with Crippen molar-refractivity contribution >= 4 is 11.8 Å². The Morgan fingerprint density at radius 1 is 1.10 bits per heavy atom. The molecule has 3 N–H and O–H groups in total. The summed E-state index contributed by atoms with van der Waals surface area (Å²) < 4.78 is 0. The van der Waals surface area contributed by atoms with Crippen LogP contribution in [0, 0.1) is 13.8 Å². The Kier molecular flexibility index (Phi) is 4.86. The third kappa shape index (κ3) is 3.42. The molecule has 0 aliphatic carbocycles. The number of hydrogen-bond donors (Lipinski definition) is 2. The smallest absolute Gasteiger partial charge is 0.111 e. The molecule has 106 valence electrons. The molecule has 0 aliphatic heterocycles. The first-order valence-electron chi connectivity index (χ1n) is 6.73. The molecule has 0 spiro atoms. The normalized spacial score (nSPS) is 14.0. The van der Waals surface area contributed by atoms with Crippen LogP contribution in [0.3, 0.4) is 0 Å². The van der Waals surface area contributed by atoms with Crippen LogP contribution < -0.4 is 5.73 Å². The van der Waals surface area contributed by atoms with Crippen molar-refractivity contribution < 1.29 is 5.11 Å². The topological polar surface area (TPSA) is 46.2 Å². The van der Waals surface area contributed by atoms with Gasteiger partial charge >= 0.3 is 0 Å². The molecule has 0 radical (unpaired) electrons. The lowest BCUT2D eigenvalue weighted by Crippen LogP contribution is -2.37. The molecule has 1 atom stereocenters. The lowest BCUT2D eigenvalue weighted by molar-refractivity contribution is 0.0721. The van der Waals surface area contributed by atoms with Crippen LogP contribution in [0.2, 0.25) is 0 Å². The number of thioether (sulfide) groups is 1.